The predicted molar refractivity (Wildman–Crippen MR) is 137 cm³/mol. The van der Waals surface area contributed by atoms with E-state index in [0.717, 1.165) is 41.0 Å². The smallest absolute Gasteiger partial charge is 0.236 e. The molecule has 6 nitrogen and oxygen atoms in total. The third kappa shape index (κ3) is 4.87. The molecule has 1 aliphatic carbocycles. The molecule has 33 heavy (non-hydrogen) atoms. The van der Waals surface area contributed by atoms with Gasteiger partial charge >= 0.3 is 0 Å². The molecule has 1 amide bonds. The SMILES string of the molecule is CC1CCc2c(-c3nnc(SCC(=O)Nc4nc(-c5ccc(Cl)cc5)cs4)n3C)csc2C1. The third-order valence-electron chi connectivity index (χ3n) is 5.70. The van der Waals surface area contributed by atoms with E-state index >= 15 is 0 Å². The topological polar surface area (TPSA) is 72.7 Å². The van der Waals surface area contributed by atoms with Crippen molar-refractivity contribution < 1.29 is 4.79 Å². The van der Waals surface area contributed by atoms with Gasteiger partial charge in [0.2, 0.25) is 5.91 Å². The first-order chi connectivity index (χ1) is 16.0. The maximum Gasteiger partial charge on any atom is 0.236 e. The molecule has 0 fully saturated rings. The van der Waals surface area contributed by atoms with Gasteiger partial charge in [-0.15, -0.1) is 32.9 Å². The average Bonchev–Trinajstić information content (AvgIpc) is 3.51. The van der Waals surface area contributed by atoms with E-state index in [1.54, 1.807) is 0 Å². The van der Waals surface area contributed by atoms with Crippen LogP contribution >= 0.6 is 46.0 Å². The number of fused-ring (bicyclic) bond motifs is 1. The van der Waals surface area contributed by atoms with Crippen LogP contribution in [0, 0.1) is 5.92 Å². The van der Waals surface area contributed by atoms with E-state index in [1.165, 1.54) is 45.5 Å². The summed E-state index contributed by atoms with van der Waals surface area (Å²) in [6.07, 6.45) is 3.46. The van der Waals surface area contributed by atoms with Crippen LogP contribution in [0.1, 0.15) is 23.8 Å². The van der Waals surface area contributed by atoms with Gasteiger partial charge in [0.05, 0.1) is 11.4 Å². The zero-order chi connectivity index (χ0) is 22.9. The minimum absolute atomic E-state index is 0.122. The number of carbonyl (C=O) groups is 1. The molecular weight excluding hydrogens is 494 g/mol. The monoisotopic (exact) mass is 515 g/mol. The first kappa shape index (κ1) is 22.6. The molecule has 3 aromatic heterocycles. The molecule has 0 saturated heterocycles. The molecule has 5 rings (SSSR count). The maximum absolute atomic E-state index is 12.5. The summed E-state index contributed by atoms with van der Waals surface area (Å²) in [5.74, 6) is 1.73. The highest BCUT2D eigenvalue weighted by Gasteiger charge is 2.23. The van der Waals surface area contributed by atoms with E-state index in [1.807, 2.05) is 52.6 Å². The average molecular weight is 516 g/mol. The Labute approximate surface area is 209 Å². The Morgan fingerprint density at radius 2 is 2.06 bits per heavy atom. The first-order valence-electron chi connectivity index (χ1n) is 10.6. The molecular formula is C23H22ClN5OS3. The van der Waals surface area contributed by atoms with Crippen molar-refractivity contribution in [3.63, 3.8) is 0 Å². The Hall–Kier alpha value is -2.20. The Kier molecular flexibility index (Phi) is 6.56. The van der Waals surface area contributed by atoms with Gasteiger partial charge in [-0.05, 0) is 42.9 Å². The summed E-state index contributed by atoms with van der Waals surface area (Å²) >= 11 is 10.6. The number of nitrogens with zero attached hydrogens (tertiary/aromatic N) is 4. The molecule has 170 valence electrons. The highest BCUT2D eigenvalue weighted by Crippen LogP contribution is 2.38. The summed E-state index contributed by atoms with van der Waals surface area (Å²) in [5, 5.41) is 17.8. The van der Waals surface area contributed by atoms with Gasteiger partial charge in [0.25, 0.3) is 0 Å². The van der Waals surface area contributed by atoms with Crippen molar-refractivity contribution in [2.45, 2.75) is 31.3 Å². The van der Waals surface area contributed by atoms with Crippen LogP contribution in [0.15, 0.2) is 40.2 Å². The van der Waals surface area contributed by atoms with Crippen LogP contribution in [0.2, 0.25) is 5.02 Å². The van der Waals surface area contributed by atoms with Crippen molar-refractivity contribution in [1.82, 2.24) is 19.7 Å². The molecule has 4 aromatic rings. The highest BCUT2D eigenvalue weighted by molar-refractivity contribution is 7.99. The van der Waals surface area contributed by atoms with Gasteiger partial charge in [-0.25, -0.2) is 4.98 Å². The second-order valence-electron chi connectivity index (χ2n) is 8.15. The molecule has 0 aliphatic heterocycles. The molecule has 0 saturated carbocycles. The van der Waals surface area contributed by atoms with E-state index in [9.17, 15) is 4.79 Å². The fourth-order valence-electron chi connectivity index (χ4n) is 3.91. The van der Waals surface area contributed by atoms with Crippen LogP contribution in [0.5, 0.6) is 0 Å². The molecule has 1 aromatic carbocycles. The molecule has 1 unspecified atom stereocenters. The summed E-state index contributed by atoms with van der Waals surface area (Å²) in [6.45, 7) is 2.31. The number of carbonyl (C=O) groups excluding carboxylic acids is 1. The quantitative estimate of drug-likeness (QED) is 0.310. The zero-order valence-electron chi connectivity index (χ0n) is 18.2. The van der Waals surface area contributed by atoms with Crippen LogP contribution in [-0.2, 0) is 24.7 Å². The Bertz CT molecular complexity index is 1290. The van der Waals surface area contributed by atoms with Crippen molar-refractivity contribution in [3.8, 4) is 22.6 Å². The number of amides is 1. The number of hydrogen-bond acceptors (Lipinski definition) is 7. The van der Waals surface area contributed by atoms with Gasteiger partial charge in [-0.2, -0.15) is 0 Å². The number of thiophene rings is 1. The Balaban J connectivity index is 1.22. The fraction of sp³-hybridized carbons (Fsp3) is 0.304. The van der Waals surface area contributed by atoms with E-state index in [0.29, 0.717) is 10.2 Å². The Morgan fingerprint density at radius 1 is 1.24 bits per heavy atom. The number of rotatable bonds is 6. The predicted octanol–water partition coefficient (Wildman–Crippen LogP) is 6.18. The lowest BCUT2D eigenvalue weighted by atomic mass is 9.88. The van der Waals surface area contributed by atoms with Crippen LogP contribution in [0.4, 0.5) is 5.13 Å². The highest BCUT2D eigenvalue weighted by atomic mass is 35.5. The first-order valence-corrected chi connectivity index (χ1v) is 13.7. The third-order valence-corrected chi connectivity index (χ3v) is 8.78. The van der Waals surface area contributed by atoms with Gasteiger partial charge in [0, 0.05) is 38.8 Å². The largest absolute Gasteiger partial charge is 0.305 e. The van der Waals surface area contributed by atoms with Crippen LogP contribution < -0.4 is 5.32 Å². The molecule has 0 radical (unpaired) electrons. The fourth-order valence-corrected chi connectivity index (χ4v) is 6.73. The number of nitrogens with one attached hydrogen (secondary N) is 1. The lowest BCUT2D eigenvalue weighted by Crippen LogP contribution is -2.14. The van der Waals surface area contributed by atoms with Crippen molar-refractivity contribution in [2.75, 3.05) is 11.1 Å². The number of hydrogen-bond donors (Lipinski definition) is 1. The molecule has 1 aliphatic rings. The minimum atomic E-state index is -0.122. The van der Waals surface area contributed by atoms with Gasteiger partial charge in [0.1, 0.15) is 0 Å². The standard InChI is InChI=1S/C23H22ClN5OS3/c1-13-3-8-16-17(10-31-19(16)9-13)21-27-28-23(29(21)2)33-12-20(30)26-22-25-18(11-32-22)14-4-6-15(24)7-5-14/h4-7,10-11,13H,3,8-9,12H2,1-2H3,(H,25,26,30). The zero-order valence-corrected chi connectivity index (χ0v) is 21.4. The van der Waals surface area contributed by atoms with Crippen molar-refractivity contribution in [2.24, 2.45) is 13.0 Å². The molecule has 0 spiro atoms. The van der Waals surface area contributed by atoms with Crippen LogP contribution in [-0.4, -0.2) is 31.4 Å². The molecule has 3 heterocycles. The molecule has 1 N–H and O–H groups in total. The molecule has 10 heteroatoms. The maximum atomic E-state index is 12.5. The van der Waals surface area contributed by atoms with Crippen LogP contribution in [0.3, 0.4) is 0 Å². The van der Waals surface area contributed by atoms with Crippen LogP contribution in [0.25, 0.3) is 22.6 Å². The van der Waals surface area contributed by atoms with Crippen molar-refractivity contribution >= 4 is 57.1 Å². The van der Waals surface area contributed by atoms with Gasteiger partial charge < -0.3 is 9.88 Å². The van der Waals surface area contributed by atoms with E-state index in [-0.39, 0.29) is 11.7 Å². The Morgan fingerprint density at radius 3 is 2.88 bits per heavy atom. The van der Waals surface area contributed by atoms with E-state index in [2.05, 4.69) is 32.8 Å². The summed E-state index contributed by atoms with van der Waals surface area (Å²) in [5.41, 5.74) is 4.38. The van der Waals surface area contributed by atoms with E-state index < -0.39 is 0 Å². The summed E-state index contributed by atoms with van der Waals surface area (Å²) in [6, 6.07) is 7.48. The molecule has 1 atom stereocenters. The summed E-state index contributed by atoms with van der Waals surface area (Å²) < 4.78 is 1.99. The van der Waals surface area contributed by atoms with Gasteiger partial charge in [0.15, 0.2) is 16.1 Å². The minimum Gasteiger partial charge on any atom is -0.305 e. The van der Waals surface area contributed by atoms with E-state index in [4.69, 9.17) is 11.6 Å². The second kappa shape index (κ2) is 9.58. The van der Waals surface area contributed by atoms with Crippen molar-refractivity contribution in [1.29, 1.82) is 0 Å². The molecule has 0 bridgehead atoms. The number of thiazole rings is 1. The number of anilines is 1. The second-order valence-corrected chi connectivity index (χ2v) is 11.3. The van der Waals surface area contributed by atoms with Gasteiger partial charge in [-0.3, -0.25) is 4.79 Å². The number of thioether (sulfide) groups is 1. The number of aromatic nitrogens is 4. The van der Waals surface area contributed by atoms with Crippen molar-refractivity contribution in [3.05, 3.63) is 50.5 Å². The lowest BCUT2D eigenvalue weighted by Gasteiger charge is -2.18. The lowest BCUT2D eigenvalue weighted by molar-refractivity contribution is -0.113. The summed E-state index contributed by atoms with van der Waals surface area (Å²) in [7, 11) is 1.96. The van der Waals surface area contributed by atoms with Gasteiger partial charge in [-0.1, -0.05) is 42.4 Å². The number of benzene rings is 1. The normalized spacial score (nSPS) is 15.4. The summed E-state index contributed by atoms with van der Waals surface area (Å²) in [4.78, 5) is 18.5. The number of halogens is 1.